The number of hydrogen-bond acceptors (Lipinski definition) is 4. The van der Waals surface area contributed by atoms with Gasteiger partial charge in [0.15, 0.2) is 0 Å². The summed E-state index contributed by atoms with van der Waals surface area (Å²) in [6, 6.07) is 15.0. The van der Waals surface area contributed by atoms with Gasteiger partial charge in [0.05, 0.1) is 9.82 Å². The zero-order valence-electron chi connectivity index (χ0n) is 16.7. The number of nitro groups is 1. The second-order valence-corrected chi connectivity index (χ2v) is 9.29. The van der Waals surface area contributed by atoms with Crippen LogP contribution in [0.25, 0.3) is 0 Å². The standard InChI is InChI=1S/C22H26N2O4S/c1-3-4-10-21-17(2)16-23(22(21)15-18-8-6-5-7-9-18)29(27,28)20-13-11-19(12-14-20)24(25)26/h5-9,11-14,17H,3-4,10,15-16H2,1-2H3. The Bertz CT molecular complexity index is 999. The van der Waals surface area contributed by atoms with E-state index in [0.717, 1.165) is 30.5 Å². The van der Waals surface area contributed by atoms with Crippen molar-refractivity contribution >= 4 is 15.7 Å². The summed E-state index contributed by atoms with van der Waals surface area (Å²) in [6.07, 6.45) is 3.50. The Morgan fingerprint density at radius 3 is 2.34 bits per heavy atom. The number of nitrogens with zero attached hydrogens (tertiary/aromatic N) is 2. The fourth-order valence-corrected chi connectivity index (χ4v) is 5.40. The van der Waals surface area contributed by atoms with E-state index >= 15 is 0 Å². The molecule has 154 valence electrons. The summed E-state index contributed by atoms with van der Waals surface area (Å²) in [5.41, 5.74) is 2.98. The number of nitro benzene ring substituents is 1. The van der Waals surface area contributed by atoms with Crippen LogP contribution >= 0.6 is 0 Å². The summed E-state index contributed by atoms with van der Waals surface area (Å²) < 4.78 is 28.3. The molecule has 1 aliphatic heterocycles. The maximum absolute atomic E-state index is 13.4. The molecule has 0 aromatic heterocycles. The van der Waals surface area contributed by atoms with Crippen LogP contribution in [0.15, 0.2) is 70.8 Å². The smallest absolute Gasteiger partial charge is 0.269 e. The van der Waals surface area contributed by atoms with Gasteiger partial charge in [-0.05, 0) is 42.0 Å². The minimum Gasteiger partial charge on any atom is -0.269 e. The molecule has 0 N–H and O–H groups in total. The van der Waals surface area contributed by atoms with Gasteiger partial charge in [0.25, 0.3) is 15.7 Å². The molecule has 0 saturated heterocycles. The maximum atomic E-state index is 13.4. The fourth-order valence-electron chi connectivity index (χ4n) is 3.77. The molecule has 2 aromatic carbocycles. The van der Waals surface area contributed by atoms with Crippen molar-refractivity contribution in [1.82, 2.24) is 4.31 Å². The van der Waals surface area contributed by atoms with Gasteiger partial charge >= 0.3 is 0 Å². The van der Waals surface area contributed by atoms with E-state index in [2.05, 4.69) is 13.8 Å². The molecule has 0 fully saturated rings. The van der Waals surface area contributed by atoms with Gasteiger partial charge in [-0.3, -0.25) is 14.4 Å². The molecule has 1 atom stereocenters. The highest BCUT2D eigenvalue weighted by atomic mass is 32.2. The SMILES string of the molecule is CCCCC1=C(Cc2ccccc2)N(S(=O)(=O)c2ccc([N+](=O)[O-])cc2)CC1C. The minimum atomic E-state index is -3.79. The molecule has 6 nitrogen and oxygen atoms in total. The third kappa shape index (κ3) is 4.50. The molecule has 0 aliphatic carbocycles. The van der Waals surface area contributed by atoms with Crippen LogP contribution < -0.4 is 0 Å². The molecule has 0 amide bonds. The predicted octanol–water partition coefficient (Wildman–Crippen LogP) is 4.92. The van der Waals surface area contributed by atoms with Gasteiger partial charge < -0.3 is 0 Å². The first-order chi connectivity index (χ1) is 13.8. The van der Waals surface area contributed by atoms with Crippen LogP contribution in [0.1, 0.15) is 38.7 Å². The zero-order valence-corrected chi connectivity index (χ0v) is 17.6. The Morgan fingerprint density at radius 2 is 1.76 bits per heavy atom. The lowest BCUT2D eigenvalue weighted by Crippen LogP contribution is -2.30. The number of hydrogen-bond donors (Lipinski definition) is 0. The number of allylic oxidation sites excluding steroid dienone is 1. The molecule has 0 saturated carbocycles. The maximum Gasteiger partial charge on any atom is 0.269 e. The van der Waals surface area contributed by atoms with Crippen LogP contribution in [0.4, 0.5) is 5.69 Å². The van der Waals surface area contributed by atoms with Crippen LogP contribution in [0.2, 0.25) is 0 Å². The highest BCUT2D eigenvalue weighted by Crippen LogP contribution is 2.37. The lowest BCUT2D eigenvalue weighted by Gasteiger charge is -2.23. The lowest BCUT2D eigenvalue weighted by molar-refractivity contribution is -0.384. The van der Waals surface area contributed by atoms with E-state index < -0.39 is 14.9 Å². The summed E-state index contributed by atoms with van der Waals surface area (Å²) >= 11 is 0. The fraction of sp³-hybridized carbons (Fsp3) is 0.364. The highest BCUT2D eigenvalue weighted by molar-refractivity contribution is 7.89. The highest BCUT2D eigenvalue weighted by Gasteiger charge is 2.36. The average molecular weight is 415 g/mol. The summed E-state index contributed by atoms with van der Waals surface area (Å²) in [6.45, 7) is 4.60. The van der Waals surface area contributed by atoms with Crippen molar-refractivity contribution in [1.29, 1.82) is 0 Å². The summed E-state index contributed by atoms with van der Waals surface area (Å²) in [5, 5.41) is 10.9. The van der Waals surface area contributed by atoms with Crippen LogP contribution in [-0.4, -0.2) is 24.2 Å². The topological polar surface area (TPSA) is 80.5 Å². The number of sulfonamides is 1. The Morgan fingerprint density at radius 1 is 1.10 bits per heavy atom. The molecule has 0 radical (unpaired) electrons. The van der Waals surface area contributed by atoms with Crippen LogP contribution in [-0.2, 0) is 16.4 Å². The van der Waals surface area contributed by atoms with Gasteiger partial charge in [-0.1, -0.05) is 50.6 Å². The normalized spacial score (nSPS) is 17.0. The first-order valence-corrected chi connectivity index (χ1v) is 11.3. The van der Waals surface area contributed by atoms with Crippen molar-refractivity contribution in [2.45, 2.75) is 44.4 Å². The van der Waals surface area contributed by atoms with E-state index in [9.17, 15) is 18.5 Å². The molecule has 3 rings (SSSR count). The number of rotatable bonds is 8. The van der Waals surface area contributed by atoms with Gasteiger partial charge in [-0.15, -0.1) is 0 Å². The zero-order chi connectivity index (χ0) is 21.0. The molecule has 1 heterocycles. The van der Waals surface area contributed by atoms with Gasteiger partial charge in [-0.25, -0.2) is 8.42 Å². The van der Waals surface area contributed by atoms with Crippen LogP contribution in [0.5, 0.6) is 0 Å². The number of non-ortho nitro benzene ring substituents is 1. The molecule has 1 unspecified atom stereocenters. The van der Waals surface area contributed by atoms with E-state index in [1.807, 2.05) is 30.3 Å². The second-order valence-electron chi connectivity index (χ2n) is 7.43. The van der Waals surface area contributed by atoms with E-state index in [1.54, 1.807) is 0 Å². The van der Waals surface area contributed by atoms with Gasteiger partial charge in [0, 0.05) is 30.8 Å². The first-order valence-electron chi connectivity index (χ1n) is 9.87. The van der Waals surface area contributed by atoms with Crippen molar-refractivity contribution in [3.05, 3.63) is 81.5 Å². The van der Waals surface area contributed by atoms with E-state index in [-0.39, 0.29) is 16.5 Å². The van der Waals surface area contributed by atoms with Crippen LogP contribution in [0, 0.1) is 16.0 Å². The minimum absolute atomic E-state index is 0.0811. The Hall–Kier alpha value is -2.67. The third-order valence-electron chi connectivity index (χ3n) is 5.36. The first kappa shape index (κ1) is 21.0. The van der Waals surface area contributed by atoms with Crippen molar-refractivity contribution in [3.63, 3.8) is 0 Å². The van der Waals surface area contributed by atoms with E-state index in [0.29, 0.717) is 13.0 Å². The molecule has 1 aliphatic rings. The Balaban J connectivity index is 2.00. The third-order valence-corrected chi connectivity index (χ3v) is 7.17. The number of unbranched alkanes of at least 4 members (excludes halogenated alkanes) is 1. The number of benzene rings is 2. The van der Waals surface area contributed by atoms with Gasteiger partial charge in [-0.2, -0.15) is 0 Å². The summed E-state index contributed by atoms with van der Waals surface area (Å²) in [4.78, 5) is 10.4. The molecule has 0 bridgehead atoms. The van der Waals surface area contributed by atoms with E-state index in [4.69, 9.17) is 0 Å². The molecule has 29 heavy (non-hydrogen) atoms. The second kappa shape index (κ2) is 8.78. The van der Waals surface area contributed by atoms with Crippen molar-refractivity contribution in [3.8, 4) is 0 Å². The molecule has 7 heteroatoms. The van der Waals surface area contributed by atoms with Crippen molar-refractivity contribution in [2.24, 2.45) is 5.92 Å². The lowest BCUT2D eigenvalue weighted by atomic mass is 9.95. The van der Waals surface area contributed by atoms with Gasteiger partial charge in [0.2, 0.25) is 0 Å². The summed E-state index contributed by atoms with van der Waals surface area (Å²) in [7, 11) is -3.79. The van der Waals surface area contributed by atoms with Crippen LogP contribution in [0.3, 0.4) is 0 Å². The Labute approximate surface area is 172 Å². The molecular weight excluding hydrogens is 388 g/mol. The predicted molar refractivity (Wildman–Crippen MR) is 113 cm³/mol. The monoisotopic (exact) mass is 414 g/mol. The van der Waals surface area contributed by atoms with E-state index in [1.165, 1.54) is 34.1 Å². The van der Waals surface area contributed by atoms with Crippen molar-refractivity contribution < 1.29 is 13.3 Å². The molecule has 2 aromatic rings. The Kier molecular flexibility index (Phi) is 6.37. The largest absolute Gasteiger partial charge is 0.269 e. The summed E-state index contributed by atoms with van der Waals surface area (Å²) in [5.74, 6) is 0.146. The quantitative estimate of drug-likeness (QED) is 0.453. The molecular formula is C22H26N2O4S. The molecule has 0 spiro atoms. The average Bonchev–Trinajstić information content (AvgIpc) is 3.03. The van der Waals surface area contributed by atoms with Gasteiger partial charge in [0.1, 0.15) is 0 Å². The van der Waals surface area contributed by atoms with Crippen molar-refractivity contribution in [2.75, 3.05) is 6.54 Å².